The molecule has 1 heterocycles. The highest BCUT2D eigenvalue weighted by Gasteiger charge is 2.12. The Kier molecular flexibility index (Phi) is 4.79. The van der Waals surface area contributed by atoms with Crippen molar-refractivity contribution in [3.8, 4) is 11.4 Å². The molecule has 0 bridgehead atoms. The lowest BCUT2D eigenvalue weighted by molar-refractivity contribution is 0.414. The number of hydrogen-bond donors (Lipinski definition) is 1. The molecular weight excluding hydrogens is 316 g/mol. The molecule has 0 fully saturated rings. The van der Waals surface area contributed by atoms with Crippen LogP contribution in [0.15, 0.2) is 58.4 Å². The maximum Gasteiger partial charge on any atom is 0.267 e. The summed E-state index contributed by atoms with van der Waals surface area (Å²) in [4.78, 5) is 17.6. The number of hydrazone groups is 1. The van der Waals surface area contributed by atoms with E-state index in [2.05, 4.69) is 15.5 Å². The van der Waals surface area contributed by atoms with Gasteiger partial charge in [-0.15, -0.1) is 0 Å². The maximum absolute atomic E-state index is 13.0. The van der Waals surface area contributed by atoms with Gasteiger partial charge in [0.2, 0.25) is 5.95 Å². The van der Waals surface area contributed by atoms with Crippen LogP contribution in [0.3, 0.4) is 0 Å². The number of hydrogen-bond acceptors (Lipinski definition) is 5. The standard InChI is InChI=1S/C19H20N4O2/c1-4-13(2)21-22-19-20-17-8-6-5-7-16(17)18(24)23(19)14-9-11-15(25-3)12-10-14/h5-12H,4H2,1-3H3,(H,20,22)/b21-13+. The number of ether oxygens (including phenoxy) is 1. The van der Waals surface area contributed by atoms with Crippen LogP contribution in [-0.2, 0) is 0 Å². The van der Waals surface area contributed by atoms with E-state index in [1.807, 2.05) is 44.2 Å². The SMILES string of the molecule is CC/C(C)=N/Nc1nc2ccccc2c(=O)n1-c1ccc(OC)cc1. The van der Waals surface area contributed by atoms with Crippen molar-refractivity contribution in [3.63, 3.8) is 0 Å². The molecule has 6 nitrogen and oxygen atoms in total. The first kappa shape index (κ1) is 16.7. The van der Waals surface area contributed by atoms with Crippen LogP contribution < -0.4 is 15.7 Å². The van der Waals surface area contributed by atoms with Crippen molar-refractivity contribution in [2.75, 3.05) is 12.5 Å². The van der Waals surface area contributed by atoms with Gasteiger partial charge < -0.3 is 4.74 Å². The Balaban J connectivity index is 2.22. The molecule has 3 aromatic rings. The lowest BCUT2D eigenvalue weighted by Gasteiger charge is -2.13. The third-order valence-corrected chi connectivity index (χ3v) is 3.96. The van der Waals surface area contributed by atoms with E-state index in [1.165, 1.54) is 4.57 Å². The molecule has 0 aliphatic rings. The Morgan fingerprint density at radius 1 is 1.20 bits per heavy atom. The second-order valence-electron chi connectivity index (χ2n) is 5.60. The molecule has 0 spiro atoms. The Morgan fingerprint density at radius 2 is 1.92 bits per heavy atom. The molecule has 2 aromatic carbocycles. The third-order valence-electron chi connectivity index (χ3n) is 3.96. The van der Waals surface area contributed by atoms with Gasteiger partial charge in [0, 0.05) is 5.71 Å². The van der Waals surface area contributed by atoms with Gasteiger partial charge in [0.1, 0.15) is 5.75 Å². The number of para-hydroxylation sites is 1. The first-order valence-corrected chi connectivity index (χ1v) is 8.09. The second-order valence-corrected chi connectivity index (χ2v) is 5.60. The number of nitrogens with one attached hydrogen (secondary N) is 1. The van der Waals surface area contributed by atoms with Gasteiger partial charge in [-0.25, -0.2) is 15.0 Å². The summed E-state index contributed by atoms with van der Waals surface area (Å²) < 4.78 is 6.71. The minimum Gasteiger partial charge on any atom is -0.497 e. The first-order chi connectivity index (χ1) is 12.1. The quantitative estimate of drug-likeness (QED) is 0.571. The van der Waals surface area contributed by atoms with Crippen LogP contribution in [0.25, 0.3) is 16.6 Å². The van der Waals surface area contributed by atoms with E-state index in [0.29, 0.717) is 22.5 Å². The van der Waals surface area contributed by atoms with Crippen molar-refractivity contribution in [2.24, 2.45) is 5.10 Å². The number of fused-ring (bicyclic) bond motifs is 1. The zero-order chi connectivity index (χ0) is 17.8. The minimum absolute atomic E-state index is 0.150. The molecule has 0 aliphatic carbocycles. The molecule has 25 heavy (non-hydrogen) atoms. The summed E-state index contributed by atoms with van der Waals surface area (Å²) in [5.74, 6) is 1.10. The van der Waals surface area contributed by atoms with Gasteiger partial charge in [0.05, 0.1) is 23.7 Å². The van der Waals surface area contributed by atoms with Crippen LogP contribution in [0.4, 0.5) is 5.95 Å². The van der Waals surface area contributed by atoms with Gasteiger partial charge in [-0.05, 0) is 49.7 Å². The van der Waals surface area contributed by atoms with Crippen molar-refractivity contribution in [2.45, 2.75) is 20.3 Å². The second kappa shape index (κ2) is 7.17. The molecule has 0 saturated heterocycles. The van der Waals surface area contributed by atoms with E-state index in [1.54, 1.807) is 25.3 Å². The van der Waals surface area contributed by atoms with Gasteiger partial charge in [-0.1, -0.05) is 19.1 Å². The van der Waals surface area contributed by atoms with E-state index in [0.717, 1.165) is 17.9 Å². The summed E-state index contributed by atoms with van der Waals surface area (Å²) in [6.07, 6.45) is 0.813. The summed E-state index contributed by atoms with van der Waals surface area (Å²) in [6.45, 7) is 3.94. The smallest absolute Gasteiger partial charge is 0.267 e. The average molecular weight is 336 g/mol. The van der Waals surface area contributed by atoms with Gasteiger partial charge in [0.25, 0.3) is 5.56 Å². The Labute approximate surface area is 145 Å². The normalized spacial score (nSPS) is 11.6. The molecule has 0 radical (unpaired) electrons. The van der Waals surface area contributed by atoms with Gasteiger partial charge >= 0.3 is 0 Å². The van der Waals surface area contributed by atoms with Crippen molar-refractivity contribution >= 4 is 22.6 Å². The molecular formula is C19H20N4O2. The zero-order valence-electron chi connectivity index (χ0n) is 14.5. The highest BCUT2D eigenvalue weighted by atomic mass is 16.5. The summed E-state index contributed by atoms with van der Waals surface area (Å²) >= 11 is 0. The topological polar surface area (TPSA) is 68.5 Å². The number of methoxy groups -OCH3 is 1. The molecule has 0 aliphatic heterocycles. The monoisotopic (exact) mass is 336 g/mol. The number of rotatable bonds is 5. The molecule has 0 unspecified atom stereocenters. The van der Waals surface area contributed by atoms with E-state index in [-0.39, 0.29) is 5.56 Å². The molecule has 6 heteroatoms. The van der Waals surface area contributed by atoms with Crippen LogP contribution in [0, 0.1) is 0 Å². The van der Waals surface area contributed by atoms with Crippen molar-refractivity contribution in [3.05, 3.63) is 58.9 Å². The predicted octanol–water partition coefficient (Wildman–Crippen LogP) is 3.59. The molecule has 0 saturated carbocycles. The molecule has 1 aromatic heterocycles. The van der Waals surface area contributed by atoms with Crippen molar-refractivity contribution in [1.29, 1.82) is 0 Å². The molecule has 0 amide bonds. The lowest BCUT2D eigenvalue weighted by atomic mass is 10.2. The van der Waals surface area contributed by atoms with Crippen LogP contribution >= 0.6 is 0 Å². The van der Waals surface area contributed by atoms with E-state index in [4.69, 9.17) is 4.74 Å². The fraction of sp³-hybridized carbons (Fsp3) is 0.211. The Morgan fingerprint density at radius 3 is 2.60 bits per heavy atom. The van der Waals surface area contributed by atoms with Crippen molar-refractivity contribution < 1.29 is 4.74 Å². The maximum atomic E-state index is 13.0. The third kappa shape index (κ3) is 3.38. The summed E-state index contributed by atoms with van der Waals surface area (Å²) in [5.41, 5.74) is 5.02. The van der Waals surface area contributed by atoms with Gasteiger partial charge in [-0.3, -0.25) is 4.79 Å². The van der Waals surface area contributed by atoms with Crippen molar-refractivity contribution in [1.82, 2.24) is 9.55 Å². The van der Waals surface area contributed by atoms with E-state index < -0.39 is 0 Å². The lowest BCUT2D eigenvalue weighted by Crippen LogP contribution is -2.23. The summed E-state index contributed by atoms with van der Waals surface area (Å²) in [7, 11) is 1.61. The van der Waals surface area contributed by atoms with Crippen LogP contribution in [0.5, 0.6) is 5.75 Å². The average Bonchev–Trinajstić information content (AvgIpc) is 2.66. The van der Waals surface area contributed by atoms with Crippen LogP contribution in [0.1, 0.15) is 20.3 Å². The number of aromatic nitrogens is 2. The van der Waals surface area contributed by atoms with Gasteiger partial charge in [-0.2, -0.15) is 5.10 Å². The number of anilines is 1. The van der Waals surface area contributed by atoms with Crippen LogP contribution in [0.2, 0.25) is 0 Å². The largest absolute Gasteiger partial charge is 0.497 e. The van der Waals surface area contributed by atoms with E-state index in [9.17, 15) is 4.79 Å². The summed E-state index contributed by atoms with van der Waals surface area (Å²) in [5, 5.41) is 4.86. The number of benzene rings is 2. The molecule has 0 atom stereocenters. The summed E-state index contributed by atoms with van der Waals surface area (Å²) in [6, 6.07) is 14.5. The number of nitrogens with zero attached hydrogens (tertiary/aromatic N) is 3. The first-order valence-electron chi connectivity index (χ1n) is 8.09. The fourth-order valence-corrected chi connectivity index (χ4v) is 2.40. The Bertz CT molecular complexity index is 975. The highest BCUT2D eigenvalue weighted by molar-refractivity contribution is 5.82. The molecule has 128 valence electrons. The fourth-order valence-electron chi connectivity index (χ4n) is 2.40. The Hall–Kier alpha value is -3.15. The molecule has 3 rings (SSSR count). The highest BCUT2D eigenvalue weighted by Crippen LogP contribution is 2.19. The minimum atomic E-state index is -0.150. The molecule has 1 N–H and O–H groups in total. The predicted molar refractivity (Wildman–Crippen MR) is 101 cm³/mol. The van der Waals surface area contributed by atoms with Crippen LogP contribution in [-0.4, -0.2) is 22.4 Å². The van der Waals surface area contributed by atoms with E-state index >= 15 is 0 Å². The zero-order valence-corrected chi connectivity index (χ0v) is 14.5. The van der Waals surface area contributed by atoms with Gasteiger partial charge in [0.15, 0.2) is 0 Å².